The molecule has 0 spiro atoms. The molecule has 1 fully saturated rings. The lowest BCUT2D eigenvalue weighted by Gasteiger charge is -2.22. The zero-order valence-corrected chi connectivity index (χ0v) is 13.2. The lowest BCUT2D eigenvalue weighted by molar-refractivity contribution is -0.134. The van der Waals surface area contributed by atoms with Crippen LogP contribution < -0.4 is 10.2 Å². The van der Waals surface area contributed by atoms with Crippen molar-refractivity contribution in [1.82, 2.24) is 9.36 Å². The molecule has 22 heavy (non-hydrogen) atoms. The molecule has 0 aliphatic carbocycles. The highest BCUT2D eigenvalue weighted by molar-refractivity contribution is 7.09. The van der Waals surface area contributed by atoms with Crippen LogP contribution in [0.15, 0.2) is 18.2 Å². The first-order chi connectivity index (χ1) is 10.6. The fourth-order valence-corrected chi connectivity index (χ4v) is 3.29. The van der Waals surface area contributed by atoms with Gasteiger partial charge in [0.1, 0.15) is 17.4 Å². The van der Waals surface area contributed by atoms with E-state index in [1.807, 2.05) is 25.1 Å². The number of carboxylic acids is 1. The van der Waals surface area contributed by atoms with Gasteiger partial charge in [-0.05, 0) is 49.5 Å². The van der Waals surface area contributed by atoms with Gasteiger partial charge in [0.2, 0.25) is 0 Å². The molecule has 2 heterocycles. The van der Waals surface area contributed by atoms with E-state index >= 15 is 0 Å². The molecule has 1 aliphatic rings. The smallest absolute Gasteiger partial charge is 0.322 e. The number of aryl methyl sites for hydroxylation is 1. The first kappa shape index (κ1) is 14.8. The number of carboxylic acid groups (broad SMARTS) is 1. The van der Waals surface area contributed by atoms with Crippen LogP contribution >= 0.6 is 11.5 Å². The summed E-state index contributed by atoms with van der Waals surface area (Å²) in [6, 6.07) is 6.04. The molecular formula is C15H18N4O2S. The largest absolute Gasteiger partial charge is 0.480 e. The summed E-state index contributed by atoms with van der Waals surface area (Å²) in [5.74, 6) is -0.117. The quantitative estimate of drug-likeness (QED) is 0.882. The predicted octanol–water partition coefficient (Wildman–Crippen LogP) is 2.61. The molecule has 2 N–H and O–H groups in total. The van der Waals surface area contributed by atoms with E-state index in [0.29, 0.717) is 0 Å². The van der Waals surface area contributed by atoms with Gasteiger partial charge in [0.25, 0.3) is 0 Å². The monoisotopic (exact) mass is 318 g/mol. The Bertz CT molecular complexity index is 680. The van der Waals surface area contributed by atoms with Crippen molar-refractivity contribution < 1.29 is 9.90 Å². The summed E-state index contributed by atoms with van der Waals surface area (Å²) in [4.78, 5) is 17.6. The van der Waals surface area contributed by atoms with Gasteiger partial charge in [-0.25, -0.2) is 4.98 Å². The number of aromatic nitrogens is 2. The fourth-order valence-electron chi connectivity index (χ4n) is 2.63. The van der Waals surface area contributed by atoms with Gasteiger partial charge in [0, 0.05) is 18.7 Å². The molecule has 1 aromatic heterocycles. The van der Waals surface area contributed by atoms with E-state index in [9.17, 15) is 4.79 Å². The summed E-state index contributed by atoms with van der Waals surface area (Å²) in [5.41, 5.74) is 2.86. The molecule has 0 amide bonds. The molecule has 116 valence electrons. The van der Waals surface area contributed by atoms with Crippen LogP contribution in [0.2, 0.25) is 0 Å². The minimum Gasteiger partial charge on any atom is -0.480 e. The first-order valence-corrected chi connectivity index (χ1v) is 8.06. The van der Waals surface area contributed by atoms with E-state index in [-0.39, 0.29) is 6.54 Å². The minimum atomic E-state index is -0.871. The molecule has 2 aromatic rings. The predicted molar refractivity (Wildman–Crippen MR) is 87.7 cm³/mol. The highest BCUT2D eigenvalue weighted by Crippen LogP contribution is 2.33. The van der Waals surface area contributed by atoms with Gasteiger partial charge in [-0.15, -0.1) is 0 Å². The standard InChI is InChI=1S/C15H18N4O2S/c1-10-17-15(22-18-10)11-4-5-13(19-6-2-3-7-19)12(8-11)16-9-14(20)21/h4-5,8,16H,2-3,6-7,9H2,1H3,(H,20,21). The van der Waals surface area contributed by atoms with Crippen molar-refractivity contribution in [2.45, 2.75) is 19.8 Å². The molecule has 3 rings (SSSR count). The number of hydrogen-bond donors (Lipinski definition) is 2. The van der Waals surface area contributed by atoms with Gasteiger partial charge in [-0.2, -0.15) is 4.37 Å². The zero-order chi connectivity index (χ0) is 15.5. The molecule has 0 unspecified atom stereocenters. The molecule has 0 radical (unpaired) electrons. The number of benzene rings is 1. The molecule has 0 bridgehead atoms. The lowest BCUT2D eigenvalue weighted by atomic mass is 10.1. The topological polar surface area (TPSA) is 78.4 Å². The molecule has 1 saturated heterocycles. The Morgan fingerprint density at radius 2 is 2.18 bits per heavy atom. The van der Waals surface area contributed by atoms with Crippen molar-refractivity contribution in [3.8, 4) is 10.6 Å². The van der Waals surface area contributed by atoms with Crippen molar-refractivity contribution in [2.24, 2.45) is 0 Å². The van der Waals surface area contributed by atoms with Crippen LogP contribution in [0.25, 0.3) is 10.6 Å². The Balaban J connectivity index is 1.93. The van der Waals surface area contributed by atoms with Gasteiger partial charge in [-0.3, -0.25) is 4.79 Å². The van der Waals surface area contributed by atoms with Crippen LogP contribution in [0, 0.1) is 6.92 Å². The van der Waals surface area contributed by atoms with Crippen LogP contribution in [-0.4, -0.2) is 40.1 Å². The SMILES string of the molecule is Cc1nsc(-c2ccc(N3CCCC3)c(NCC(=O)O)c2)n1. The van der Waals surface area contributed by atoms with Crippen molar-refractivity contribution >= 4 is 28.9 Å². The number of rotatable bonds is 5. The van der Waals surface area contributed by atoms with Gasteiger partial charge < -0.3 is 15.3 Å². The third kappa shape index (κ3) is 3.19. The Morgan fingerprint density at radius 3 is 2.82 bits per heavy atom. The summed E-state index contributed by atoms with van der Waals surface area (Å²) >= 11 is 1.36. The summed E-state index contributed by atoms with van der Waals surface area (Å²) in [5, 5.41) is 12.8. The molecule has 0 atom stereocenters. The fraction of sp³-hybridized carbons (Fsp3) is 0.400. The number of nitrogens with one attached hydrogen (secondary N) is 1. The normalized spacial score (nSPS) is 14.3. The van der Waals surface area contributed by atoms with E-state index in [1.54, 1.807) is 0 Å². The van der Waals surface area contributed by atoms with Gasteiger partial charge in [0.15, 0.2) is 0 Å². The van der Waals surface area contributed by atoms with Crippen LogP contribution in [-0.2, 0) is 4.79 Å². The van der Waals surface area contributed by atoms with E-state index in [0.717, 1.165) is 40.9 Å². The molecule has 0 saturated carbocycles. The van der Waals surface area contributed by atoms with E-state index in [4.69, 9.17) is 5.11 Å². The maximum Gasteiger partial charge on any atom is 0.322 e. The number of carbonyl (C=O) groups is 1. The van der Waals surface area contributed by atoms with E-state index < -0.39 is 5.97 Å². The molecule has 7 heteroatoms. The van der Waals surface area contributed by atoms with Crippen LogP contribution in [0.1, 0.15) is 18.7 Å². The zero-order valence-electron chi connectivity index (χ0n) is 12.4. The first-order valence-electron chi connectivity index (χ1n) is 7.29. The summed E-state index contributed by atoms with van der Waals surface area (Å²) < 4.78 is 4.20. The van der Waals surface area contributed by atoms with E-state index in [2.05, 4.69) is 19.6 Å². The Labute approximate surface area is 133 Å². The van der Waals surface area contributed by atoms with Crippen LogP contribution in [0.4, 0.5) is 11.4 Å². The molecule has 1 aliphatic heterocycles. The third-order valence-corrected chi connectivity index (χ3v) is 4.50. The Kier molecular flexibility index (Phi) is 4.24. The second-order valence-corrected chi connectivity index (χ2v) is 6.07. The van der Waals surface area contributed by atoms with Gasteiger partial charge in [0.05, 0.1) is 11.4 Å². The summed E-state index contributed by atoms with van der Waals surface area (Å²) in [7, 11) is 0. The number of hydrogen-bond acceptors (Lipinski definition) is 6. The Morgan fingerprint density at radius 1 is 1.41 bits per heavy atom. The van der Waals surface area contributed by atoms with Crippen molar-refractivity contribution in [2.75, 3.05) is 29.9 Å². The van der Waals surface area contributed by atoms with Crippen molar-refractivity contribution in [3.05, 3.63) is 24.0 Å². The molecule has 6 nitrogen and oxygen atoms in total. The lowest BCUT2D eigenvalue weighted by Crippen LogP contribution is -2.21. The van der Waals surface area contributed by atoms with Gasteiger partial charge in [-0.1, -0.05) is 0 Å². The summed E-state index contributed by atoms with van der Waals surface area (Å²) in [6.45, 7) is 3.79. The summed E-state index contributed by atoms with van der Waals surface area (Å²) in [6.07, 6.45) is 2.35. The highest BCUT2D eigenvalue weighted by atomic mass is 32.1. The number of nitrogens with zero attached hydrogens (tertiary/aromatic N) is 3. The maximum absolute atomic E-state index is 10.9. The van der Waals surface area contributed by atoms with Gasteiger partial charge >= 0.3 is 5.97 Å². The van der Waals surface area contributed by atoms with Crippen molar-refractivity contribution in [3.63, 3.8) is 0 Å². The maximum atomic E-state index is 10.9. The molecular weight excluding hydrogens is 300 g/mol. The number of aliphatic carboxylic acids is 1. The highest BCUT2D eigenvalue weighted by Gasteiger charge is 2.17. The Hall–Kier alpha value is -2.15. The van der Waals surface area contributed by atoms with Crippen LogP contribution in [0.3, 0.4) is 0 Å². The van der Waals surface area contributed by atoms with Crippen molar-refractivity contribution in [1.29, 1.82) is 0 Å². The second-order valence-electron chi connectivity index (χ2n) is 5.32. The third-order valence-electron chi connectivity index (χ3n) is 3.65. The van der Waals surface area contributed by atoms with E-state index in [1.165, 1.54) is 24.4 Å². The minimum absolute atomic E-state index is 0.0978. The average molecular weight is 318 g/mol. The second kappa shape index (κ2) is 6.31. The number of anilines is 2. The molecule has 1 aromatic carbocycles. The average Bonchev–Trinajstić information content (AvgIpc) is 3.16. The van der Waals surface area contributed by atoms with Crippen LogP contribution in [0.5, 0.6) is 0 Å².